The topological polar surface area (TPSA) is 53.9 Å². The van der Waals surface area contributed by atoms with Crippen LogP contribution in [0.2, 0.25) is 0 Å². The summed E-state index contributed by atoms with van der Waals surface area (Å²) in [5.41, 5.74) is 1.29. The van der Waals surface area contributed by atoms with E-state index in [9.17, 15) is 4.79 Å². The van der Waals surface area contributed by atoms with Crippen molar-refractivity contribution in [1.29, 1.82) is 0 Å². The number of hydrogen-bond donors (Lipinski definition) is 1. The van der Waals surface area contributed by atoms with Gasteiger partial charge < -0.3 is 15.0 Å². The summed E-state index contributed by atoms with van der Waals surface area (Å²) in [7, 11) is 1.46. The molecule has 2 rings (SSSR count). The SMILES string of the molecule is CCNC(=NCCc1ccccc1)N1CC(C)C(C(=O)OC)C1.I. The summed E-state index contributed by atoms with van der Waals surface area (Å²) in [6.45, 7) is 7.21. The van der Waals surface area contributed by atoms with Crippen molar-refractivity contribution < 1.29 is 9.53 Å². The maximum Gasteiger partial charge on any atom is 0.310 e. The molecule has 0 aliphatic carbocycles. The molecular weight excluding hydrogens is 417 g/mol. The minimum atomic E-state index is -0.125. The van der Waals surface area contributed by atoms with Gasteiger partial charge >= 0.3 is 5.97 Å². The predicted octanol–water partition coefficient (Wildman–Crippen LogP) is 2.55. The second-order valence-corrected chi connectivity index (χ2v) is 5.98. The molecule has 0 aromatic heterocycles. The average molecular weight is 445 g/mol. The molecule has 0 amide bonds. The first-order chi connectivity index (χ1) is 11.2. The highest BCUT2D eigenvalue weighted by Gasteiger charge is 2.36. The molecule has 0 saturated carbocycles. The van der Waals surface area contributed by atoms with Crippen LogP contribution in [0.3, 0.4) is 0 Å². The van der Waals surface area contributed by atoms with Gasteiger partial charge in [0.25, 0.3) is 0 Å². The van der Waals surface area contributed by atoms with Crippen LogP contribution >= 0.6 is 24.0 Å². The number of likely N-dealkylation sites (tertiary alicyclic amines) is 1. The summed E-state index contributed by atoms with van der Waals surface area (Å²) in [6.07, 6.45) is 0.916. The third-order valence-electron chi connectivity index (χ3n) is 4.26. The van der Waals surface area contributed by atoms with Gasteiger partial charge in [-0.15, -0.1) is 24.0 Å². The van der Waals surface area contributed by atoms with Gasteiger partial charge in [-0.1, -0.05) is 37.3 Å². The number of esters is 1. The second-order valence-electron chi connectivity index (χ2n) is 5.98. The van der Waals surface area contributed by atoms with Crippen LogP contribution in [0.5, 0.6) is 0 Å². The Morgan fingerprint density at radius 2 is 2.04 bits per heavy atom. The lowest BCUT2D eigenvalue weighted by Gasteiger charge is -2.21. The monoisotopic (exact) mass is 445 g/mol. The van der Waals surface area contributed by atoms with E-state index in [2.05, 4.69) is 36.2 Å². The lowest BCUT2D eigenvalue weighted by Crippen LogP contribution is -2.40. The first-order valence-corrected chi connectivity index (χ1v) is 8.30. The number of carbonyl (C=O) groups is 1. The highest BCUT2D eigenvalue weighted by molar-refractivity contribution is 14.0. The normalized spacial score (nSPS) is 20.5. The molecule has 2 atom stereocenters. The van der Waals surface area contributed by atoms with Crippen molar-refractivity contribution in [2.45, 2.75) is 20.3 Å². The molecule has 24 heavy (non-hydrogen) atoms. The molecule has 1 aromatic rings. The number of nitrogens with zero attached hydrogens (tertiary/aromatic N) is 2. The summed E-state index contributed by atoms with van der Waals surface area (Å²) in [4.78, 5) is 18.7. The molecule has 6 heteroatoms. The lowest BCUT2D eigenvalue weighted by molar-refractivity contribution is -0.145. The molecule has 0 spiro atoms. The molecule has 1 aromatic carbocycles. The lowest BCUT2D eigenvalue weighted by atomic mass is 9.99. The molecule has 1 aliphatic rings. The van der Waals surface area contributed by atoms with E-state index in [0.717, 1.165) is 32.0 Å². The summed E-state index contributed by atoms with van der Waals surface area (Å²) in [5.74, 6) is 0.972. The van der Waals surface area contributed by atoms with Crippen molar-refractivity contribution in [1.82, 2.24) is 10.2 Å². The number of guanidine groups is 1. The zero-order chi connectivity index (χ0) is 16.7. The molecule has 1 N–H and O–H groups in total. The van der Waals surface area contributed by atoms with Crippen LogP contribution in [0.25, 0.3) is 0 Å². The van der Waals surface area contributed by atoms with Crippen LogP contribution in [-0.2, 0) is 16.0 Å². The molecule has 5 nitrogen and oxygen atoms in total. The van der Waals surface area contributed by atoms with Gasteiger partial charge in [0, 0.05) is 26.2 Å². The van der Waals surface area contributed by atoms with E-state index in [-0.39, 0.29) is 41.8 Å². The summed E-state index contributed by atoms with van der Waals surface area (Å²) in [6, 6.07) is 10.4. The Morgan fingerprint density at radius 1 is 1.33 bits per heavy atom. The van der Waals surface area contributed by atoms with Crippen molar-refractivity contribution in [3.63, 3.8) is 0 Å². The molecule has 1 aliphatic heterocycles. The van der Waals surface area contributed by atoms with Gasteiger partial charge in [-0.25, -0.2) is 0 Å². The van der Waals surface area contributed by atoms with Crippen molar-refractivity contribution in [3.05, 3.63) is 35.9 Å². The fourth-order valence-corrected chi connectivity index (χ4v) is 2.96. The Bertz CT molecular complexity index is 536. The zero-order valence-corrected chi connectivity index (χ0v) is 17.0. The molecule has 1 fully saturated rings. The Morgan fingerprint density at radius 3 is 2.67 bits per heavy atom. The van der Waals surface area contributed by atoms with Crippen LogP contribution in [-0.4, -0.2) is 50.1 Å². The van der Waals surface area contributed by atoms with E-state index in [0.29, 0.717) is 6.54 Å². The Balaban J connectivity index is 0.00000288. The highest BCUT2D eigenvalue weighted by atomic mass is 127. The van der Waals surface area contributed by atoms with Gasteiger partial charge in [-0.05, 0) is 24.8 Å². The van der Waals surface area contributed by atoms with E-state index in [1.54, 1.807) is 0 Å². The zero-order valence-electron chi connectivity index (χ0n) is 14.7. The van der Waals surface area contributed by atoms with Crippen LogP contribution in [0.15, 0.2) is 35.3 Å². The number of carbonyl (C=O) groups excluding carboxylic acids is 1. The summed E-state index contributed by atoms with van der Waals surface area (Å²) < 4.78 is 4.91. The standard InChI is InChI=1S/C18H27N3O2.HI/c1-4-19-18(20-11-10-15-8-6-5-7-9-15)21-12-14(2)16(13-21)17(22)23-3;/h5-9,14,16H,4,10-13H2,1-3H3,(H,19,20);1H. The van der Waals surface area contributed by atoms with E-state index in [1.165, 1.54) is 12.7 Å². The minimum Gasteiger partial charge on any atom is -0.469 e. The molecule has 1 heterocycles. The van der Waals surface area contributed by atoms with Crippen molar-refractivity contribution >= 4 is 35.9 Å². The highest BCUT2D eigenvalue weighted by Crippen LogP contribution is 2.24. The van der Waals surface area contributed by atoms with Gasteiger partial charge in [0.05, 0.1) is 13.0 Å². The number of nitrogens with one attached hydrogen (secondary N) is 1. The van der Waals surface area contributed by atoms with Crippen molar-refractivity contribution in [2.24, 2.45) is 16.8 Å². The Kier molecular flexibility index (Phi) is 9.10. The predicted molar refractivity (Wildman–Crippen MR) is 108 cm³/mol. The van der Waals surface area contributed by atoms with Crippen LogP contribution in [0.1, 0.15) is 19.4 Å². The maximum atomic E-state index is 11.8. The Labute approximate surface area is 161 Å². The van der Waals surface area contributed by atoms with Gasteiger partial charge in [0.1, 0.15) is 0 Å². The number of halogens is 1. The third kappa shape index (κ3) is 5.65. The van der Waals surface area contributed by atoms with E-state index in [1.807, 2.05) is 18.2 Å². The summed E-state index contributed by atoms with van der Waals surface area (Å²) >= 11 is 0. The molecule has 1 saturated heterocycles. The van der Waals surface area contributed by atoms with Crippen LogP contribution in [0, 0.1) is 11.8 Å². The van der Waals surface area contributed by atoms with Crippen molar-refractivity contribution in [2.75, 3.05) is 33.3 Å². The quantitative estimate of drug-likeness (QED) is 0.328. The van der Waals surface area contributed by atoms with E-state index in [4.69, 9.17) is 9.73 Å². The smallest absolute Gasteiger partial charge is 0.310 e. The fourth-order valence-electron chi connectivity index (χ4n) is 2.96. The molecular formula is C18H28IN3O2. The average Bonchev–Trinajstić information content (AvgIpc) is 2.96. The number of benzene rings is 1. The number of methoxy groups -OCH3 is 1. The van der Waals surface area contributed by atoms with Crippen molar-refractivity contribution in [3.8, 4) is 0 Å². The summed E-state index contributed by atoms with van der Waals surface area (Å²) in [5, 5.41) is 3.33. The van der Waals surface area contributed by atoms with Crippen LogP contribution in [0.4, 0.5) is 0 Å². The number of aliphatic imine (C=N–C) groups is 1. The maximum absolute atomic E-state index is 11.8. The van der Waals surface area contributed by atoms with E-state index < -0.39 is 0 Å². The molecule has 0 bridgehead atoms. The number of hydrogen-bond acceptors (Lipinski definition) is 3. The fraction of sp³-hybridized carbons (Fsp3) is 0.556. The molecule has 134 valence electrons. The molecule has 0 radical (unpaired) electrons. The van der Waals surface area contributed by atoms with Gasteiger partial charge in [-0.2, -0.15) is 0 Å². The minimum absolute atomic E-state index is 0. The first kappa shape index (κ1) is 20.7. The van der Waals surface area contributed by atoms with Gasteiger partial charge in [0.15, 0.2) is 5.96 Å². The number of rotatable bonds is 5. The van der Waals surface area contributed by atoms with Crippen LogP contribution < -0.4 is 5.32 Å². The Hall–Kier alpha value is -1.31. The second kappa shape index (κ2) is 10.5. The molecule has 2 unspecified atom stereocenters. The van der Waals surface area contributed by atoms with Gasteiger partial charge in [0.2, 0.25) is 0 Å². The third-order valence-corrected chi connectivity index (χ3v) is 4.26. The largest absolute Gasteiger partial charge is 0.469 e. The van der Waals surface area contributed by atoms with E-state index >= 15 is 0 Å². The first-order valence-electron chi connectivity index (χ1n) is 8.30. The number of ether oxygens (including phenoxy) is 1. The van der Waals surface area contributed by atoms with Gasteiger partial charge in [-0.3, -0.25) is 9.79 Å².